The number of halogens is 2. The number of aryl methyl sites for hydroxylation is 1. The average molecular weight is 405 g/mol. The van der Waals surface area contributed by atoms with E-state index < -0.39 is 11.2 Å². The van der Waals surface area contributed by atoms with Gasteiger partial charge >= 0.3 is 0 Å². The zero-order valence-corrected chi connectivity index (χ0v) is 16.3. The van der Waals surface area contributed by atoms with Crippen molar-refractivity contribution < 1.29 is 19.1 Å². The summed E-state index contributed by atoms with van der Waals surface area (Å²) >= 11 is 5.93. The molecule has 0 bridgehead atoms. The standard InChI is InChI=1S/C21H22ClFN2O3/c1-14-8-16(10-18(23)9-14)19(27)25-12-21(13-25,20(28)24-6-7-26)11-15-2-4-17(22)5-3-15/h2-5,8-10,26H,6-7,11-13H2,1H3,(H,24,28). The molecule has 1 aliphatic heterocycles. The SMILES string of the molecule is Cc1cc(F)cc(C(=O)N2CC(Cc3ccc(Cl)cc3)(C(=O)NCCO)C2)c1. The minimum absolute atomic E-state index is 0.151. The van der Waals surface area contributed by atoms with Crippen molar-refractivity contribution in [1.29, 1.82) is 0 Å². The van der Waals surface area contributed by atoms with Gasteiger partial charge in [0.05, 0.1) is 12.0 Å². The van der Waals surface area contributed by atoms with E-state index in [0.717, 1.165) is 5.56 Å². The molecule has 1 heterocycles. The molecule has 0 spiro atoms. The molecule has 1 aliphatic rings. The van der Waals surface area contributed by atoms with Gasteiger partial charge in [0.2, 0.25) is 5.91 Å². The average Bonchev–Trinajstić information content (AvgIpc) is 2.62. The van der Waals surface area contributed by atoms with Crippen LogP contribution in [0, 0.1) is 18.2 Å². The van der Waals surface area contributed by atoms with Crippen LogP contribution in [0.3, 0.4) is 0 Å². The molecule has 0 aromatic heterocycles. The number of amides is 2. The Hall–Kier alpha value is -2.44. The van der Waals surface area contributed by atoms with Crippen LogP contribution in [0.4, 0.5) is 4.39 Å². The van der Waals surface area contributed by atoms with Crippen LogP contribution in [-0.2, 0) is 11.2 Å². The van der Waals surface area contributed by atoms with Gasteiger partial charge in [-0.1, -0.05) is 23.7 Å². The lowest BCUT2D eigenvalue weighted by atomic mass is 9.73. The van der Waals surface area contributed by atoms with Gasteiger partial charge < -0.3 is 15.3 Å². The Morgan fingerprint density at radius 3 is 2.50 bits per heavy atom. The Morgan fingerprint density at radius 1 is 1.21 bits per heavy atom. The largest absolute Gasteiger partial charge is 0.395 e. The predicted molar refractivity (Wildman–Crippen MR) is 105 cm³/mol. The van der Waals surface area contributed by atoms with Gasteiger partial charge in [0, 0.05) is 30.2 Å². The van der Waals surface area contributed by atoms with Gasteiger partial charge in [-0.25, -0.2) is 4.39 Å². The van der Waals surface area contributed by atoms with E-state index >= 15 is 0 Å². The molecule has 28 heavy (non-hydrogen) atoms. The summed E-state index contributed by atoms with van der Waals surface area (Å²) in [5, 5.41) is 12.3. The first-order valence-electron chi connectivity index (χ1n) is 9.03. The number of likely N-dealkylation sites (tertiary alicyclic amines) is 1. The van der Waals surface area contributed by atoms with Crippen molar-refractivity contribution in [3.63, 3.8) is 0 Å². The lowest BCUT2D eigenvalue weighted by Crippen LogP contribution is -2.65. The van der Waals surface area contributed by atoms with Crippen LogP contribution in [0.2, 0.25) is 5.02 Å². The number of nitrogens with one attached hydrogen (secondary N) is 1. The topological polar surface area (TPSA) is 69.6 Å². The molecule has 0 radical (unpaired) electrons. The van der Waals surface area contributed by atoms with E-state index in [1.807, 2.05) is 12.1 Å². The van der Waals surface area contributed by atoms with Gasteiger partial charge in [0.15, 0.2) is 0 Å². The Labute approximate surface area is 168 Å². The summed E-state index contributed by atoms with van der Waals surface area (Å²) in [6, 6.07) is 11.4. The van der Waals surface area contributed by atoms with Crippen LogP contribution in [0.25, 0.3) is 0 Å². The number of aliphatic hydroxyl groups is 1. The molecule has 0 atom stereocenters. The maximum atomic E-state index is 13.6. The third kappa shape index (κ3) is 4.34. The van der Waals surface area contributed by atoms with Crippen molar-refractivity contribution in [3.05, 3.63) is 70.0 Å². The molecular formula is C21H22ClFN2O3. The Morgan fingerprint density at radius 2 is 1.89 bits per heavy atom. The van der Waals surface area contributed by atoms with Crippen LogP contribution < -0.4 is 5.32 Å². The Bertz CT molecular complexity index is 859. The second-order valence-corrected chi connectivity index (χ2v) is 7.68. The zero-order chi connectivity index (χ0) is 20.3. The van der Waals surface area contributed by atoms with E-state index in [9.17, 15) is 14.0 Å². The van der Waals surface area contributed by atoms with Crippen LogP contribution in [0.5, 0.6) is 0 Å². The molecule has 0 aliphatic carbocycles. The summed E-state index contributed by atoms with van der Waals surface area (Å²) in [5.74, 6) is -0.975. The van der Waals surface area contributed by atoms with Gasteiger partial charge in [0.25, 0.3) is 5.91 Å². The molecule has 2 aromatic carbocycles. The summed E-state index contributed by atoms with van der Waals surface area (Å²) in [6.07, 6.45) is 0.438. The number of rotatable bonds is 6. The van der Waals surface area contributed by atoms with E-state index in [4.69, 9.17) is 16.7 Å². The highest BCUT2D eigenvalue weighted by atomic mass is 35.5. The molecule has 3 rings (SSSR count). The number of carbonyl (C=O) groups excluding carboxylic acids is 2. The van der Waals surface area contributed by atoms with E-state index in [1.54, 1.807) is 30.0 Å². The number of benzene rings is 2. The van der Waals surface area contributed by atoms with E-state index in [0.29, 0.717) is 17.0 Å². The summed E-state index contributed by atoms with van der Waals surface area (Å²) in [7, 11) is 0. The van der Waals surface area contributed by atoms with Crippen molar-refractivity contribution in [3.8, 4) is 0 Å². The second kappa shape index (κ2) is 8.29. The second-order valence-electron chi connectivity index (χ2n) is 7.24. The minimum Gasteiger partial charge on any atom is -0.395 e. The summed E-state index contributed by atoms with van der Waals surface area (Å²) < 4.78 is 13.6. The van der Waals surface area contributed by atoms with Gasteiger partial charge in [-0.15, -0.1) is 0 Å². The molecule has 2 aromatic rings. The maximum absolute atomic E-state index is 13.6. The fraction of sp³-hybridized carbons (Fsp3) is 0.333. The Kier molecular flexibility index (Phi) is 6.01. The Balaban J connectivity index is 1.77. The van der Waals surface area contributed by atoms with Crippen LogP contribution in [-0.4, -0.2) is 48.1 Å². The molecule has 2 N–H and O–H groups in total. The van der Waals surface area contributed by atoms with Crippen molar-refractivity contribution in [1.82, 2.24) is 10.2 Å². The fourth-order valence-electron chi connectivity index (χ4n) is 3.56. The highest BCUT2D eigenvalue weighted by Crippen LogP contribution is 2.36. The van der Waals surface area contributed by atoms with Crippen molar-refractivity contribution in [2.24, 2.45) is 5.41 Å². The van der Waals surface area contributed by atoms with Crippen molar-refractivity contribution >= 4 is 23.4 Å². The first kappa shape index (κ1) is 20.3. The van der Waals surface area contributed by atoms with Gasteiger partial charge in [-0.2, -0.15) is 0 Å². The summed E-state index contributed by atoms with van der Waals surface area (Å²) in [5.41, 5.74) is 1.07. The monoisotopic (exact) mass is 404 g/mol. The van der Waals surface area contributed by atoms with Gasteiger partial charge in [0.1, 0.15) is 5.82 Å². The van der Waals surface area contributed by atoms with Gasteiger partial charge in [-0.3, -0.25) is 9.59 Å². The third-order valence-electron chi connectivity index (χ3n) is 4.90. The molecule has 1 fully saturated rings. The zero-order valence-electron chi connectivity index (χ0n) is 15.5. The summed E-state index contributed by atoms with van der Waals surface area (Å²) in [4.78, 5) is 27.0. The number of aliphatic hydroxyl groups excluding tert-OH is 1. The molecule has 148 valence electrons. The molecule has 5 nitrogen and oxygen atoms in total. The fourth-order valence-corrected chi connectivity index (χ4v) is 3.68. The molecule has 7 heteroatoms. The number of nitrogens with zero attached hydrogens (tertiary/aromatic N) is 1. The normalized spacial score (nSPS) is 15.1. The molecular weight excluding hydrogens is 383 g/mol. The highest BCUT2D eigenvalue weighted by Gasteiger charge is 2.50. The molecule has 2 amide bonds. The maximum Gasteiger partial charge on any atom is 0.254 e. The number of hydrogen-bond acceptors (Lipinski definition) is 3. The number of hydrogen-bond donors (Lipinski definition) is 2. The van der Waals surface area contributed by atoms with Crippen LogP contribution in [0.15, 0.2) is 42.5 Å². The molecule has 0 saturated carbocycles. The summed E-state index contributed by atoms with van der Waals surface area (Å²) in [6.45, 7) is 2.16. The lowest BCUT2D eigenvalue weighted by Gasteiger charge is -2.49. The third-order valence-corrected chi connectivity index (χ3v) is 5.15. The molecule has 1 saturated heterocycles. The highest BCUT2D eigenvalue weighted by molar-refractivity contribution is 6.30. The van der Waals surface area contributed by atoms with E-state index in [-0.39, 0.29) is 43.6 Å². The van der Waals surface area contributed by atoms with E-state index in [2.05, 4.69) is 5.32 Å². The molecule has 0 unspecified atom stereocenters. The predicted octanol–water partition coefficient (Wildman–Crippen LogP) is 2.58. The van der Waals surface area contributed by atoms with Gasteiger partial charge in [-0.05, 0) is 54.8 Å². The number of carbonyl (C=O) groups is 2. The van der Waals surface area contributed by atoms with Crippen LogP contribution >= 0.6 is 11.6 Å². The van der Waals surface area contributed by atoms with E-state index in [1.165, 1.54) is 12.1 Å². The quantitative estimate of drug-likeness (QED) is 0.777. The first-order valence-corrected chi connectivity index (χ1v) is 9.41. The van der Waals surface area contributed by atoms with Crippen molar-refractivity contribution in [2.45, 2.75) is 13.3 Å². The minimum atomic E-state index is -0.791. The van der Waals surface area contributed by atoms with Crippen molar-refractivity contribution in [2.75, 3.05) is 26.2 Å². The van der Waals surface area contributed by atoms with Crippen LogP contribution in [0.1, 0.15) is 21.5 Å². The first-order chi connectivity index (χ1) is 13.3. The smallest absolute Gasteiger partial charge is 0.254 e. The lowest BCUT2D eigenvalue weighted by molar-refractivity contribution is -0.139.